The quantitative estimate of drug-likeness (QED) is 0.657. The summed E-state index contributed by atoms with van der Waals surface area (Å²) in [7, 11) is 0. The maximum Gasteiger partial charge on any atom is 0.134 e. The van der Waals surface area contributed by atoms with Gasteiger partial charge in [-0.05, 0) is 62.4 Å². The van der Waals surface area contributed by atoms with Crippen molar-refractivity contribution in [3.05, 3.63) is 31.7 Å². The zero-order chi connectivity index (χ0) is 14.5. The van der Waals surface area contributed by atoms with Crippen molar-refractivity contribution in [1.29, 1.82) is 0 Å². The monoisotopic (exact) mass is 439 g/mol. The molecular weight excluding hydrogens is 424 g/mol. The number of hydrogen-bond acceptors (Lipinski definition) is 1. The fourth-order valence-corrected chi connectivity index (χ4v) is 4.28. The van der Waals surface area contributed by atoms with Crippen molar-refractivity contribution in [2.45, 2.75) is 39.3 Å². The first-order valence-electron chi connectivity index (χ1n) is 6.06. The number of nitrogens with zero attached hydrogens (tertiary/aromatic N) is 1. The van der Waals surface area contributed by atoms with Crippen molar-refractivity contribution in [2.24, 2.45) is 0 Å². The largest absolute Gasteiger partial charge is 0.384 e. The van der Waals surface area contributed by atoms with Crippen LogP contribution < -0.4 is 0 Å². The van der Waals surface area contributed by atoms with Gasteiger partial charge in [0.25, 0.3) is 0 Å². The summed E-state index contributed by atoms with van der Waals surface area (Å²) < 4.78 is 17.7. The molecule has 0 saturated carbocycles. The number of aromatic nitrogens is 1. The molecular formula is C14H16BrFINO. The smallest absolute Gasteiger partial charge is 0.134 e. The maximum atomic E-state index is 14.2. The molecule has 0 fully saturated rings. The minimum absolute atomic E-state index is 0.140. The molecule has 2 rings (SSSR count). The lowest BCUT2D eigenvalue weighted by atomic mass is 10.0. The van der Waals surface area contributed by atoms with Crippen molar-refractivity contribution >= 4 is 49.4 Å². The molecule has 5 heteroatoms. The van der Waals surface area contributed by atoms with Gasteiger partial charge in [0.05, 0.1) is 11.2 Å². The first kappa shape index (κ1) is 15.3. The average Bonchev–Trinajstić information content (AvgIpc) is 2.50. The van der Waals surface area contributed by atoms with Crippen molar-refractivity contribution < 1.29 is 9.50 Å². The van der Waals surface area contributed by atoms with Crippen molar-refractivity contribution in [3.8, 4) is 0 Å². The Morgan fingerprint density at radius 2 is 1.95 bits per heavy atom. The van der Waals surface area contributed by atoms with Gasteiger partial charge in [0.15, 0.2) is 0 Å². The highest BCUT2D eigenvalue weighted by molar-refractivity contribution is 14.1. The summed E-state index contributed by atoms with van der Waals surface area (Å²) in [5.41, 5.74) is 0.553. The number of hydrogen-bond donors (Lipinski definition) is 1. The average molecular weight is 440 g/mol. The van der Waals surface area contributed by atoms with Gasteiger partial charge in [0.1, 0.15) is 11.4 Å². The van der Waals surface area contributed by atoms with Crippen molar-refractivity contribution in [3.63, 3.8) is 0 Å². The van der Waals surface area contributed by atoms with E-state index in [1.54, 1.807) is 13.8 Å². The minimum Gasteiger partial charge on any atom is -0.384 e. The zero-order valence-electron chi connectivity index (χ0n) is 11.3. The molecule has 0 aliphatic heterocycles. The van der Waals surface area contributed by atoms with E-state index in [4.69, 9.17) is 0 Å². The fourth-order valence-electron chi connectivity index (χ4n) is 2.41. The Kier molecular flexibility index (Phi) is 4.02. The molecule has 1 aromatic heterocycles. The lowest BCUT2D eigenvalue weighted by Crippen LogP contribution is -2.23. The number of aliphatic hydroxyl groups is 1. The van der Waals surface area contributed by atoms with Gasteiger partial charge >= 0.3 is 0 Å². The lowest BCUT2D eigenvalue weighted by molar-refractivity contribution is 0.0682. The first-order chi connectivity index (χ1) is 8.64. The number of benzene rings is 1. The minimum atomic E-state index is -1.02. The molecule has 2 nitrogen and oxygen atoms in total. The summed E-state index contributed by atoms with van der Waals surface area (Å²) in [5, 5.41) is 11.0. The molecule has 19 heavy (non-hydrogen) atoms. The van der Waals surface area contributed by atoms with Crippen LogP contribution in [0.1, 0.15) is 39.4 Å². The molecule has 0 bridgehead atoms. The Morgan fingerprint density at radius 1 is 1.37 bits per heavy atom. The van der Waals surface area contributed by atoms with E-state index in [1.807, 2.05) is 24.5 Å². The standard InChI is InChI=1S/C14H16BrFINO/c1-7(2)18-10-6-8(15)5-9(16)11(10)12(17)13(18)14(3,4)19/h5-7,19H,1-4H3. The van der Waals surface area contributed by atoms with Crippen LogP contribution in [0.4, 0.5) is 4.39 Å². The molecule has 0 radical (unpaired) electrons. The van der Waals surface area contributed by atoms with E-state index < -0.39 is 5.60 Å². The van der Waals surface area contributed by atoms with Crippen LogP contribution in [-0.2, 0) is 5.60 Å². The van der Waals surface area contributed by atoms with Crippen molar-refractivity contribution in [1.82, 2.24) is 4.57 Å². The van der Waals surface area contributed by atoms with E-state index >= 15 is 0 Å². The lowest BCUT2D eigenvalue weighted by Gasteiger charge is -2.24. The second-order valence-electron chi connectivity index (χ2n) is 5.47. The van der Waals surface area contributed by atoms with E-state index in [9.17, 15) is 9.50 Å². The molecule has 0 unspecified atom stereocenters. The van der Waals surface area contributed by atoms with Crippen LogP contribution in [0.2, 0.25) is 0 Å². The van der Waals surface area contributed by atoms with Crippen LogP contribution in [0.3, 0.4) is 0 Å². The fraction of sp³-hybridized carbons (Fsp3) is 0.429. The van der Waals surface area contributed by atoms with Gasteiger partial charge in [-0.15, -0.1) is 0 Å². The third-order valence-electron chi connectivity index (χ3n) is 3.06. The summed E-state index contributed by atoms with van der Waals surface area (Å²) >= 11 is 5.45. The third-order valence-corrected chi connectivity index (χ3v) is 4.57. The van der Waals surface area contributed by atoms with Gasteiger partial charge in [-0.2, -0.15) is 0 Å². The third kappa shape index (κ3) is 2.56. The van der Waals surface area contributed by atoms with Crippen molar-refractivity contribution in [2.75, 3.05) is 0 Å². The highest BCUT2D eigenvalue weighted by Gasteiger charge is 2.29. The second-order valence-corrected chi connectivity index (χ2v) is 7.46. The van der Waals surface area contributed by atoms with E-state index in [-0.39, 0.29) is 11.9 Å². The van der Waals surface area contributed by atoms with Gasteiger partial charge < -0.3 is 9.67 Å². The molecule has 1 N–H and O–H groups in total. The Bertz CT molecular complexity index is 643. The Labute approximate surface area is 134 Å². The summed E-state index contributed by atoms with van der Waals surface area (Å²) in [4.78, 5) is 0. The Hall–Kier alpha value is -0.140. The van der Waals surface area contributed by atoms with Gasteiger partial charge in [0, 0.05) is 19.5 Å². The number of fused-ring (bicyclic) bond motifs is 1. The first-order valence-corrected chi connectivity index (χ1v) is 7.93. The predicted molar refractivity (Wildman–Crippen MR) is 87.9 cm³/mol. The molecule has 1 heterocycles. The molecule has 0 amide bonds. The predicted octanol–water partition coefficient (Wildman–Crippen LogP) is 4.96. The maximum absolute atomic E-state index is 14.2. The van der Waals surface area contributed by atoms with E-state index in [0.717, 1.165) is 14.8 Å². The number of halogens is 3. The van der Waals surface area contributed by atoms with Crippen LogP contribution in [0.15, 0.2) is 16.6 Å². The van der Waals surface area contributed by atoms with Crippen LogP contribution >= 0.6 is 38.5 Å². The Morgan fingerprint density at radius 3 is 2.42 bits per heavy atom. The highest BCUT2D eigenvalue weighted by atomic mass is 127. The molecule has 2 aromatic rings. The van der Waals surface area contributed by atoms with Crippen LogP contribution in [-0.4, -0.2) is 9.67 Å². The van der Waals surface area contributed by atoms with E-state index in [2.05, 4.69) is 38.5 Å². The van der Waals surface area contributed by atoms with Gasteiger partial charge in [-0.1, -0.05) is 15.9 Å². The van der Waals surface area contributed by atoms with Gasteiger partial charge in [-0.3, -0.25) is 0 Å². The van der Waals surface area contributed by atoms with Crippen LogP contribution in [0.25, 0.3) is 10.9 Å². The molecule has 1 aromatic carbocycles. The molecule has 0 aliphatic rings. The van der Waals surface area contributed by atoms with Crippen LogP contribution in [0.5, 0.6) is 0 Å². The second kappa shape index (κ2) is 5.00. The normalized spacial score (nSPS) is 12.7. The van der Waals surface area contributed by atoms with Gasteiger partial charge in [-0.25, -0.2) is 4.39 Å². The molecule has 0 saturated heterocycles. The zero-order valence-corrected chi connectivity index (χ0v) is 15.0. The molecule has 104 valence electrons. The summed E-state index contributed by atoms with van der Waals surface area (Å²) in [6, 6.07) is 3.50. The van der Waals surface area contributed by atoms with Gasteiger partial charge in [0.2, 0.25) is 0 Å². The van der Waals surface area contributed by atoms with E-state index in [1.165, 1.54) is 6.07 Å². The SMILES string of the molecule is CC(C)n1c(C(C)(C)O)c(I)c2c(F)cc(Br)cc21. The summed E-state index contributed by atoms with van der Waals surface area (Å²) in [6.45, 7) is 7.53. The highest BCUT2D eigenvalue weighted by Crippen LogP contribution is 2.38. The Balaban J connectivity index is 3.01. The molecule has 0 spiro atoms. The summed E-state index contributed by atoms with van der Waals surface area (Å²) in [6.07, 6.45) is 0. The topological polar surface area (TPSA) is 25.2 Å². The molecule has 0 atom stereocenters. The summed E-state index contributed by atoms with van der Waals surface area (Å²) in [5.74, 6) is -0.265. The van der Waals surface area contributed by atoms with Crippen LogP contribution in [0, 0.1) is 9.39 Å². The molecule has 0 aliphatic carbocycles. The van der Waals surface area contributed by atoms with E-state index in [0.29, 0.717) is 9.86 Å². The number of rotatable bonds is 2.